The summed E-state index contributed by atoms with van der Waals surface area (Å²) in [5.74, 6) is 1.22. The number of carbonyl (C=O) groups excluding carboxylic acids is 1. The van der Waals surface area contributed by atoms with Crippen LogP contribution in [0.2, 0.25) is 0 Å². The van der Waals surface area contributed by atoms with Crippen LogP contribution >= 0.6 is 0 Å². The fourth-order valence-corrected chi connectivity index (χ4v) is 2.45. The first-order valence-electron chi connectivity index (χ1n) is 7.79. The highest BCUT2D eigenvalue weighted by molar-refractivity contribution is 5.90. The number of benzene rings is 2. The third-order valence-electron chi connectivity index (χ3n) is 4.16. The minimum Gasteiger partial charge on any atom is -0.493 e. The lowest BCUT2D eigenvalue weighted by Crippen LogP contribution is -2.33. The first-order valence-corrected chi connectivity index (χ1v) is 7.79. The topological polar surface area (TPSA) is 50.8 Å². The van der Waals surface area contributed by atoms with Crippen molar-refractivity contribution in [2.24, 2.45) is 0 Å². The first-order chi connectivity index (χ1) is 11.5. The highest BCUT2D eigenvalue weighted by atomic mass is 16.5. The second kappa shape index (κ2) is 7.73. The molecule has 2 rings (SSSR count). The van der Waals surface area contributed by atoms with Crippen molar-refractivity contribution >= 4 is 11.7 Å². The van der Waals surface area contributed by atoms with Crippen LogP contribution in [0, 0.1) is 6.92 Å². The van der Waals surface area contributed by atoms with Gasteiger partial charge in [0.2, 0.25) is 0 Å². The molecule has 0 fully saturated rings. The maximum absolute atomic E-state index is 12.6. The lowest BCUT2D eigenvalue weighted by molar-refractivity contribution is 0.208. The Kier molecular flexibility index (Phi) is 5.68. The van der Waals surface area contributed by atoms with Crippen molar-refractivity contribution in [3.63, 3.8) is 0 Å². The summed E-state index contributed by atoms with van der Waals surface area (Å²) < 4.78 is 10.6. The van der Waals surface area contributed by atoms with Gasteiger partial charge < -0.3 is 19.7 Å². The predicted molar refractivity (Wildman–Crippen MR) is 95.9 cm³/mol. The number of methoxy groups -OCH3 is 2. The molecule has 0 heterocycles. The molecule has 5 heteroatoms. The van der Waals surface area contributed by atoms with Gasteiger partial charge in [-0.15, -0.1) is 0 Å². The van der Waals surface area contributed by atoms with E-state index in [1.165, 1.54) is 0 Å². The van der Waals surface area contributed by atoms with Crippen molar-refractivity contribution in [3.8, 4) is 11.5 Å². The van der Waals surface area contributed by atoms with E-state index in [2.05, 4.69) is 5.32 Å². The third kappa shape index (κ3) is 3.79. The SMILES string of the molecule is COc1cc(C)c(NC(=O)N(C)C(C)c2ccccc2)cc1OC. The fraction of sp³-hybridized carbons (Fsp3) is 0.316. The number of hydrogen-bond donors (Lipinski definition) is 1. The molecular formula is C19H24N2O3. The molecule has 0 saturated heterocycles. The summed E-state index contributed by atoms with van der Waals surface area (Å²) >= 11 is 0. The zero-order valence-corrected chi connectivity index (χ0v) is 14.8. The van der Waals surface area contributed by atoms with E-state index >= 15 is 0 Å². The maximum atomic E-state index is 12.6. The molecule has 0 aliphatic carbocycles. The molecule has 0 aliphatic heterocycles. The van der Waals surface area contributed by atoms with Crippen LogP contribution in [0.25, 0.3) is 0 Å². The lowest BCUT2D eigenvalue weighted by atomic mass is 10.1. The molecule has 24 heavy (non-hydrogen) atoms. The second-order valence-corrected chi connectivity index (χ2v) is 5.65. The average Bonchev–Trinajstić information content (AvgIpc) is 2.62. The molecule has 0 radical (unpaired) electrons. The van der Waals surface area contributed by atoms with Gasteiger partial charge >= 0.3 is 6.03 Å². The van der Waals surface area contributed by atoms with Gasteiger partial charge in [-0.3, -0.25) is 0 Å². The Bertz CT molecular complexity index is 701. The Morgan fingerprint density at radius 2 is 1.67 bits per heavy atom. The number of anilines is 1. The van der Waals surface area contributed by atoms with Crippen LogP contribution < -0.4 is 14.8 Å². The first kappa shape index (κ1) is 17.7. The Morgan fingerprint density at radius 1 is 1.08 bits per heavy atom. The summed E-state index contributed by atoms with van der Waals surface area (Å²) in [5, 5.41) is 2.94. The standard InChI is InChI=1S/C19H24N2O3/c1-13-11-17(23-4)18(24-5)12-16(13)20-19(22)21(3)14(2)15-9-7-6-8-10-15/h6-12,14H,1-5H3,(H,20,22). The fourth-order valence-electron chi connectivity index (χ4n) is 2.45. The molecule has 2 aromatic rings. The lowest BCUT2D eigenvalue weighted by Gasteiger charge is -2.26. The Hall–Kier alpha value is -2.69. The molecule has 1 N–H and O–H groups in total. The van der Waals surface area contributed by atoms with E-state index in [1.807, 2.05) is 50.2 Å². The Balaban J connectivity index is 2.17. The zero-order chi connectivity index (χ0) is 17.7. The summed E-state index contributed by atoms with van der Waals surface area (Å²) in [6, 6.07) is 13.3. The second-order valence-electron chi connectivity index (χ2n) is 5.65. The molecule has 0 saturated carbocycles. The number of aryl methyl sites for hydroxylation is 1. The number of nitrogens with one attached hydrogen (secondary N) is 1. The van der Waals surface area contributed by atoms with Gasteiger partial charge in [-0.25, -0.2) is 4.79 Å². The van der Waals surface area contributed by atoms with E-state index in [4.69, 9.17) is 9.47 Å². The number of urea groups is 1. The maximum Gasteiger partial charge on any atom is 0.322 e. The minimum atomic E-state index is -0.179. The molecule has 1 atom stereocenters. The minimum absolute atomic E-state index is 0.0355. The van der Waals surface area contributed by atoms with E-state index < -0.39 is 0 Å². The van der Waals surface area contributed by atoms with E-state index in [9.17, 15) is 4.79 Å². The van der Waals surface area contributed by atoms with Crippen molar-refractivity contribution in [2.45, 2.75) is 19.9 Å². The van der Waals surface area contributed by atoms with E-state index in [0.717, 1.165) is 11.1 Å². The summed E-state index contributed by atoms with van der Waals surface area (Å²) in [4.78, 5) is 14.2. The number of amides is 2. The molecule has 2 aromatic carbocycles. The predicted octanol–water partition coefficient (Wildman–Crippen LogP) is 4.24. The normalized spacial score (nSPS) is 11.5. The van der Waals surface area contributed by atoms with Crippen molar-refractivity contribution in [2.75, 3.05) is 26.6 Å². The van der Waals surface area contributed by atoms with E-state index in [0.29, 0.717) is 17.2 Å². The highest BCUT2D eigenvalue weighted by Gasteiger charge is 2.18. The summed E-state index contributed by atoms with van der Waals surface area (Å²) in [5.41, 5.74) is 2.69. The molecule has 0 aliphatic rings. The summed E-state index contributed by atoms with van der Waals surface area (Å²) in [7, 11) is 4.94. The zero-order valence-electron chi connectivity index (χ0n) is 14.8. The molecule has 0 aromatic heterocycles. The van der Waals surface area contributed by atoms with Crippen molar-refractivity contribution in [1.82, 2.24) is 4.90 Å². The number of hydrogen-bond acceptors (Lipinski definition) is 3. The van der Waals surface area contributed by atoms with Gasteiger partial charge in [0.25, 0.3) is 0 Å². The van der Waals surface area contributed by atoms with Gasteiger partial charge in [0.1, 0.15) is 0 Å². The molecule has 0 spiro atoms. The van der Waals surface area contributed by atoms with Crippen LogP contribution in [0.4, 0.5) is 10.5 Å². The van der Waals surface area contributed by atoms with E-state index in [1.54, 1.807) is 32.2 Å². The van der Waals surface area contributed by atoms with Crippen LogP contribution in [0.3, 0.4) is 0 Å². The molecule has 128 valence electrons. The van der Waals surface area contributed by atoms with Gasteiger partial charge in [0.05, 0.1) is 20.3 Å². The van der Waals surface area contributed by atoms with Crippen molar-refractivity contribution in [3.05, 3.63) is 53.6 Å². The molecule has 0 bridgehead atoms. The van der Waals surface area contributed by atoms with Crippen molar-refractivity contribution < 1.29 is 14.3 Å². The Labute approximate surface area is 143 Å². The number of carbonyl (C=O) groups is 1. The number of nitrogens with zero attached hydrogens (tertiary/aromatic N) is 1. The van der Waals surface area contributed by atoms with Crippen LogP contribution in [0.1, 0.15) is 24.1 Å². The molecule has 5 nitrogen and oxygen atoms in total. The smallest absolute Gasteiger partial charge is 0.322 e. The number of rotatable bonds is 5. The molecule has 1 unspecified atom stereocenters. The summed E-state index contributed by atoms with van der Waals surface area (Å²) in [6.07, 6.45) is 0. The Morgan fingerprint density at radius 3 is 2.25 bits per heavy atom. The van der Waals surface area contributed by atoms with Gasteiger partial charge in [0.15, 0.2) is 11.5 Å². The van der Waals surface area contributed by atoms with Crippen LogP contribution in [0.15, 0.2) is 42.5 Å². The van der Waals surface area contributed by atoms with E-state index in [-0.39, 0.29) is 12.1 Å². The van der Waals surface area contributed by atoms with Gasteiger partial charge in [-0.2, -0.15) is 0 Å². The summed E-state index contributed by atoms with van der Waals surface area (Å²) in [6.45, 7) is 3.91. The van der Waals surface area contributed by atoms with Crippen LogP contribution in [0.5, 0.6) is 11.5 Å². The molecule has 2 amide bonds. The quantitative estimate of drug-likeness (QED) is 0.893. The van der Waals surface area contributed by atoms with Crippen LogP contribution in [-0.4, -0.2) is 32.2 Å². The monoisotopic (exact) mass is 328 g/mol. The van der Waals surface area contributed by atoms with Crippen LogP contribution in [-0.2, 0) is 0 Å². The van der Waals surface area contributed by atoms with Gasteiger partial charge in [0, 0.05) is 18.8 Å². The van der Waals surface area contributed by atoms with Crippen molar-refractivity contribution in [1.29, 1.82) is 0 Å². The highest BCUT2D eigenvalue weighted by Crippen LogP contribution is 2.33. The molecular weight excluding hydrogens is 304 g/mol. The van der Waals surface area contributed by atoms with Gasteiger partial charge in [-0.1, -0.05) is 30.3 Å². The third-order valence-corrected chi connectivity index (χ3v) is 4.16. The average molecular weight is 328 g/mol. The number of ether oxygens (including phenoxy) is 2. The largest absolute Gasteiger partial charge is 0.493 e. The van der Waals surface area contributed by atoms with Gasteiger partial charge in [-0.05, 0) is 31.0 Å².